The van der Waals surface area contributed by atoms with E-state index in [0.29, 0.717) is 6.04 Å². The predicted octanol–water partition coefficient (Wildman–Crippen LogP) is 3.99. The fraction of sp³-hybridized carbons (Fsp3) is 0.438. The van der Waals surface area contributed by atoms with Crippen LogP contribution >= 0.6 is 11.3 Å². The van der Waals surface area contributed by atoms with Gasteiger partial charge < -0.3 is 5.32 Å². The molecule has 3 heteroatoms. The zero-order valence-electron chi connectivity index (χ0n) is 11.7. The summed E-state index contributed by atoms with van der Waals surface area (Å²) in [6.07, 6.45) is 5.39. The van der Waals surface area contributed by atoms with Crippen molar-refractivity contribution in [2.45, 2.75) is 39.2 Å². The molecule has 19 heavy (non-hydrogen) atoms. The molecule has 0 spiro atoms. The molecule has 102 valence electrons. The summed E-state index contributed by atoms with van der Waals surface area (Å²) in [6, 6.07) is 11.0. The highest BCUT2D eigenvalue weighted by Crippen LogP contribution is 2.20. The molecule has 0 fully saturated rings. The Morgan fingerprint density at radius 3 is 2.74 bits per heavy atom. The second kappa shape index (κ2) is 7.41. The predicted molar refractivity (Wildman–Crippen MR) is 82.7 cm³/mol. The van der Waals surface area contributed by atoms with Crippen LogP contribution in [0.25, 0.3) is 0 Å². The van der Waals surface area contributed by atoms with Crippen molar-refractivity contribution in [3.8, 4) is 0 Å². The molecule has 0 aliphatic rings. The van der Waals surface area contributed by atoms with Crippen molar-refractivity contribution >= 4 is 11.3 Å². The van der Waals surface area contributed by atoms with Gasteiger partial charge in [-0.25, -0.2) is 4.98 Å². The maximum atomic E-state index is 4.48. The van der Waals surface area contributed by atoms with Crippen LogP contribution in [-0.2, 0) is 12.8 Å². The highest BCUT2D eigenvalue weighted by atomic mass is 32.1. The van der Waals surface area contributed by atoms with Crippen LogP contribution in [-0.4, -0.2) is 11.5 Å². The fourth-order valence-electron chi connectivity index (χ4n) is 2.03. The molecule has 2 rings (SSSR count). The number of rotatable bonds is 7. The zero-order chi connectivity index (χ0) is 13.5. The number of hydrogen-bond acceptors (Lipinski definition) is 3. The molecule has 0 aliphatic carbocycles. The van der Waals surface area contributed by atoms with E-state index < -0.39 is 0 Å². The van der Waals surface area contributed by atoms with Crippen molar-refractivity contribution in [2.75, 3.05) is 6.54 Å². The Balaban J connectivity index is 1.70. The standard InChI is InChI=1S/C16H22N2S/c1-3-15-12-18-16(19-15)13(2)17-11-7-10-14-8-5-4-6-9-14/h4-6,8-9,12-13,17H,3,7,10-11H2,1-2H3. The molecule has 1 atom stereocenters. The van der Waals surface area contributed by atoms with Crippen LogP contribution in [0, 0.1) is 0 Å². The fourth-order valence-corrected chi connectivity index (χ4v) is 2.91. The molecular formula is C16H22N2S. The van der Waals surface area contributed by atoms with Crippen LogP contribution in [0.3, 0.4) is 0 Å². The van der Waals surface area contributed by atoms with Crippen molar-refractivity contribution in [2.24, 2.45) is 0 Å². The molecule has 1 aromatic heterocycles. The first-order chi connectivity index (χ1) is 9.29. The average molecular weight is 274 g/mol. The topological polar surface area (TPSA) is 24.9 Å². The summed E-state index contributed by atoms with van der Waals surface area (Å²) in [5.74, 6) is 0. The van der Waals surface area contributed by atoms with Gasteiger partial charge >= 0.3 is 0 Å². The number of aryl methyl sites for hydroxylation is 2. The lowest BCUT2D eigenvalue weighted by Gasteiger charge is -2.10. The number of nitrogens with one attached hydrogen (secondary N) is 1. The van der Waals surface area contributed by atoms with Gasteiger partial charge in [0.25, 0.3) is 0 Å². The summed E-state index contributed by atoms with van der Waals surface area (Å²) in [4.78, 5) is 5.85. The third kappa shape index (κ3) is 4.44. The van der Waals surface area contributed by atoms with Crippen LogP contribution < -0.4 is 5.32 Å². The highest BCUT2D eigenvalue weighted by Gasteiger charge is 2.08. The molecule has 1 aromatic carbocycles. The SMILES string of the molecule is CCc1cnc(C(C)NCCCc2ccccc2)s1. The molecule has 2 nitrogen and oxygen atoms in total. The molecule has 0 aliphatic heterocycles. The van der Waals surface area contributed by atoms with Gasteiger partial charge in [-0.2, -0.15) is 0 Å². The summed E-state index contributed by atoms with van der Waals surface area (Å²) in [6.45, 7) is 5.41. The average Bonchev–Trinajstić information content (AvgIpc) is 2.93. The largest absolute Gasteiger partial charge is 0.308 e. The number of aromatic nitrogens is 1. The quantitative estimate of drug-likeness (QED) is 0.772. The van der Waals surface area contributed by atoms with E-state index in [-0.39, 0.29) is 0 Å². The Bertz CT molecular complexity index is 479. The second-order valence-electron chi connectivity index (χ2n) is 4.78. The summed E-state index contributed by atoms with van der Waals surface area (Å²) in [5, 5.41) is 4.76. The Labute approximate surface area is 119 Å². The van der Waals surface area contributed by atoms with Crippen molar-refractivity contribution in [1.29, 1.82) is 0 Å². The summed E-state index contributed by atoms with van der Waals surface area (Å²) >= 11 is 1.82. The van der Waals surface area contributed by atoms with E-state index >= 15 is 0 Å². The minimum atomic E-state index is 0.362. The summed E-state index contributed by atoms with van der Waals surface area (Å²) in [7, 11) is 0. The van der Waals surface area contributed by atoms with Gasteiger partial charge in [0, 0.05) is 11.1 Å². The molecule has 1 heterocycles. The van der Waals surface area contributed by atoms with Crippen LogP contribution in [0.15, 0.2) is 36.5 Å². The molecule has 1 N–H and O–H groups in total. The normalized spacial score (nSPS) is 12.5. The number of nitrogens with zero attached hydrogens (tertiary/aromatic N) is 1. The molecule has 1 unspecified atom stereocenters. The van der Waals surface area contributed by atoms with E-state index in [1.54, 1.807) is 0 Å². The Hall–Kier alpha value is -1.19. The van der Waals surface area contributed by atoms with Crippen LogP contribution in [0.2, 0.25) is 0 Å². The highest BCUT2D eigenvalue weighted by molar-refractivity contribution is 7.11. The van der Waals surface area contributed by atoms with E-state index in [2.05, 4.69) is 54.5 Å². The lowest BCUT2D eigenvalue weighted by Crippen LogP contribution is -2.20. The molecule has 0 amide bonds. The first-order valence-electron chi connectivity index (χ1n) is 7.01. The number of benzene rings is 1. The molecule has 2 aromatic rings. The Kier molecular flexibility index (Phi) is 5.55. The van der Waals surface area contributed by atoms with Gasteiger partial charge in [-0.05, 0) is 38.3 Å². The summed E-state index contributed by atoms with van der Waals surface area (Å²) in [5.41, 5.74) is 1.42. The summed E-state index contributed by atoms with van der Waals surface area (Å²) < 4.78 is 0. The maximum Gasteiger partial charge on any atom is 0.109 e. The third-order valence-electron chi connectivity index (χ3n) is 3.23. The van der Waals surface area contributed by atoms with Crippen molar-refractivity contribution in [1.82, 2.24) is 10.3 Å². The molecular weight excluding hydrogens is 252 g/mol. The van der Waals surface area contributed by atoms with Gasteiger partial charge in [0.05, 0.1) is 6.04 Å². The monoisotopic (exact) mass is 274 g/mol. The van der Waals surface area contributed by atoms with Crippen LogP contribution in [0.5, 0.6) is 0 Å². The second-order valence-corrected chi connectivity index (χ2v) is 5.93. The van der Waals surface area contributed by atoms with Crippen molar-refractivity contribution in [3.05, 3.63) is 52.0 Å². The minimum Gasteiger partial charge on any atom is -0.308 e. The minimum absolute atomic E-state index is 0.362. The van der Waals surface area contributed by atoms with Crippen LogP contribution in [0.4, 0.5) is 0 Å². The van der Waals surface area contributed by atoms with Gasteiger partial charge in [-0.3, -0.25) is 0 Å². The third-order valence-corrected chi connectivity index (χ3v) is 4.55. The van der Waals surface area contributed by atoms with Crippen LogP contribution in [0.1, 0.15) is 41.8 Å². The van der Waals surface area contributed by atoms with E-state index in [1.807, 2.05) is 17.5 Å². The van der Waals surface area contributed by atoms with E-state index in [4.69, 9.17) is 0 Å². The lowest BCUT2D eigenvalue weighted by atomic mass is 10.1. The molecule has 0 saturated carbocycles. The zero-order valence-corrected chi connectivity index (χ0v) is 12.5. The molecule has 0 radical (unpaired) electrons. The van der Waals surface area contributed by atoms with Gasteiger partial charge in [-0.1, -0.05) is 37.3 Å². The maximum absolute atomic E-state index is 4.48. The number of thiazole rings is 1. The van der Waals surface area contributed by atoms with E-state index in [0.717, 1.165) is 19.4 Å². The van der Waals surface area contributed by atoms with E-state index in [1.165, 1.54) is 21.9 Å². The van der Waals surface area contributed by atoms with Gasteiger partial charge in [0.15, 0.2) is 0 Å². The van der Waals surface area contributed by atoms with E-state index in [9.17, 15) is 0 Å². The first kappa shape index (κ1) is 14.2. The first-order valence-corrected chi connectivity index (χ1v) is 7.83. The molecule has 0 bridgehead atoms. The Morgan fingerprint density at radius 2 is 2.05 bits per heavy atom. The molecule has 0 saturated heterocycles. The Morgan fingerprint density at radius 1 is 1.26 bits per heavy atom. The van der Waals surface area contributed by atoms with Gasteiger partial charge in [0.1, 0.15) is 5.01 Å². The van der Waals surface area contributed by atoms with Gasteiger partial charge in [0.2, 0.25) is 0 Å². The number of hydrogen-bond donors (Lipinski definition) is 1. The van der Waals surface area contributed by atoms with Crippen molar-refractivity contribution < 1.29 is 0 Å². The lowest BCUT2D eigenvalue weighted by molar-refractivity contribution is 0.556. The smallest absolute Gasteiger partial charge is 0.109 e. The van der Waals surface area contributed by atoms with Crippen molar-refractivity contribution in [3.63, 3.8) is 0 Å². The van der Waals surface area contributed by atoms with Gasteiger partial charge in [-0.15, -0.1) is 11.3 Å².